The van der Waals surface area contributed by atoms with Gasteiger partial charge in [-0.05, 0) is 25.0 Å². The van der Waals surface area contributed by atoms with Gasteiger partial charge in [0.25, 0.3) is 5.91 Å². The molecule has 1 N–H and O–H groups in total. The van der Waals surface area contributed by atoms with Gasteiger partial charge in [-0.2, -0.15) is 0 Å². The molecule has 0 aliphatic carbocycles. The van der Waals surface area contributed by atoms with Gasteiger partial charge in [-0.25, -0.2) is 4.79 Å². The highest BCUT2D eigenvalue weighted by molar-refractivity contribution is 6.06. The number of benzene rings is 1. The van der Waals surface area contributed by atoms with Gasteiger partial charge in [0.1, 0.15) is 25.4 Å². The smallest absolute Gasteiger partial charge is 0.327 e. The van der Waals surface area contributed by atoms with Crippen molar-refractivity contribution in [1.29, 1.82) is 0 Å². The summed E-state index contributed by atoms with van der Waals surface area (Å²) in [5, 5.41) is 2.70. The number of nitrogens with zero attached hydrogens (tertiary/aromatic N) is 2. The van der Waals surface area contributed by atoms with Crippen LogP contribution in [0.4, 0.5) is 10.5 Å². The van der Waals surface area contributed by atoms with Crippen LogP contribution in [0.2, 0.25) is 0 Å². The van der Waals surface area contributed by atoms with Crippen molar-refractivity contribution in [3.8, 4) is 5.75 Å². The second-order valence-corrected chi connectivity index (χ2v) is 6.11. The summed E-state index contributed by atoms with van der Waals surface area (Å²) in [6, 6.07) is 6.58. The van der Waals surface area contributed by atoms with Gasteiger partial charge in [-0.3, -0.25) is 14.5 Å². The number of anilines is 1. The van der Waals surface area contributed by atoms with Crippen LogP contribution in [0, 0.1) is 0 Å². The number of urea groups is 1. The number of hydrogen-bond donors (Lipinski definition) is 1. The molecule has 2 saturated heterocycles. The Labute approximate surface area is 145 Å². The van der Waals surface area contributed by atoms with E-state index in [-0.39, 0.29) is 25.1 Å². The Morgan fingerprint density at radius 3 is 2.84 bits per heavy atom. The standard InChI is InChI=1S/C17H21N3O5/c1-19-10-16(22)20(17(19)23)9-15(21)18-13-6-2-3-7-14(13)25-11-12-5-4-8-24-12/h2-3,6-7,12H,4-5,8-11H2,1H3,(H,18,21). The summed E-state index contributed by atoms with van der Waals surface area (Å²) in [7, 11) is 1.52. The number of ether oxygens (including phenoxy) is 2. The predicted molar refractivity (Wildman–Crippen MR) is 89.3 cm³/mol. The Balaban J connectivity index is 1.59. The highest BCUT2D eigenvalue weighted by Gasteiger charge is 2.34. The monoisotopic (exact) mass is 347 g/mol. The molecule has 0 saturated carbocycles. The van der Waals surface area contributed by atoms with Gasteiger partial charge in [0.05, 0.1) is 11.8 Å². The number of nitrogens with one attached hydrogen (secondary N) is 1. The van der Waals surface area contributed by atoms with Crippen LogP contribution in [0.1, 0.15) is 12.8 Å². The van der Waals surface area contributed by atoms with Crippen LogP contribution in [0.5, 0.6) is 5.75 Å². The van der Waals surface area contributed by atoms with Gasteiger partial charge in [0.2, 0.25) is 5.91 Å². The van der Waals surface area contributed by atoms with Gasteiger partial charge in [0, 0.05) is 13.7 Å². The van der Waals surface area contributed by atoms with E-state index in [9.17, 15) is 14.4 Å². The first kappa shape index (κ1) is 17.2. The SMILES string of the molecule is CN1CC(=O)N(CC(=O)Nc2ccccc2OCC2CCCO2)C1=O. The minimum absolute atomic E-state index is 0.00675. The third-order valence-corrected chi connectivity index (χ3v) is 4.14. The van der Waals surface area contributed by atoms with Gasteiger partial charge in [0.15, 0.2) is 0 Å². The van der Waals surface area contributed by atoms with Crippen molar-refractivity contribution in [3.05, 3.63) is 24.3 Å². The van der Waals surface area contributed by atoms with E-state index in [1.54, 1.807) is 18.2 Å². The predicted octanol–water partition coefficient (Wildman–Crippen LogP) is 1.08. The minimum atomic E-state index is -0.469. The third-order valence-electron chi connectivity index (χ3n) is 4.14. The fourth-order valence-corrected chi connectivity index (χ4v) is 2.81. The highest BCUT2D eigenvalue weighted by Crippen LogP contribution is 2.25. The number of amides is 4. The lowest BCUT2D eigenvalue weighted by molar-refractivity contribution is -0.129. The lowest BCUT2D eigenvalue weighted by Crippen LogP contribution is -2.38. The van der Waals surface area contributed by atoms with E-state index in [4.69, 9.17) is 9.47 Å². The fraction of sp³-hybridized carbons (Fsp3) is 0.471. The summed E-state index contributed by atoms with van der Waals surface area (Å²) in [4.78, 5) is 38.0. The number of likely N-dealkylation sites (N-methyl/N-ethyl adjacent to an activating group) is 1. The van der Waals surface area contributed by atoms with Gasteiger partial charge in [-0.15, -0.1) is 0 Å². The summed E-state index contributed by atoms with van der Waals surface area (Å²) in [5.74, 6) is -0.307. The molecule has 3 rings (SSSR count). The third kappa shape index (κ3) is 4.08. The van der Waals surface area contributed by atoms with Gasteiger partial charge < -0.3 is 19.7 Å². The minimum Gasteiger partial charge on any atom is -0.489 e. The number of rotatable bonds is 6. The van der Waals surface area contributed by atoms with Gasteiger partial charge in [-0.1, -0.05) is 12.1 Å². The van der Waals surface area contributed by atoms with Crippen LogP contribution in [-0.2, 0) is 14.3 Å². The number of para-hydroxylation sites is 2. The van der Waals surface area contributed by atoms with Gasteiger partial charge >= 0.3 is 6.03 Å². The number of imide groups is 1. The molecule has 1 aromatic rings. The average molecular weight is 347 g/mol. The van der Waals surface area contributed by atoms with E-state index in [0.717, 1.165) is 24.3 Å². The van der Waals surface area contributed by atoms with E-state index in [0.29, 0.717) is 18.0 Å². The zero-order chi connectivity index (χ0) is 17.8. The molecular weight excluding hydrogens is 326 g/mol. The maximum Gasteiger partial charge on any atom is 0.327 e. The first-order valence-electron chi connectivity index (χ1n) is 8.23. The van der Waals surface area contributed by atoms with Crippen molar-refractivity contribution in [3.63, 3.8) is 0 Å². The number of carbonyl (C=O) groups excluding carboxylic acids is 3. The summed E-state index contributed by atoms with van der Waals surface area (Å²) in [6.45, 7) is 0.842. The molecule has 1 atom stereocenters. The molecule has 0 radical (unpaired) electrons. The van der Waals surface area contributed by atoms with E-state index in [1.165, 1.54) is 11.9 Å². The van der Waals surface area contributed by atoms with Crippen LogP contribution >= 0.6 is 0 Å². The Bertz CT molecular complexity index is 672. The molecule has 1 unspecified atom stereocenters. The van der Waals surface area contributed by atoms with E-state index in [2.05, 4.69) is 5.32 Å². The molecule has 4 amide bonds. The summed E-state index contributed by atoms with van der Waals surface area (Å²) < 4.78 is 11.3. The van der Waals surface area contributed by atoms with Crippen molar-refractivity contribution < 1.29 is 23.9 Å². The molecule has 25 heavy (non-hydrogen) atoms. The summed E-state index contributed by atoms with van der Waals surface area (Å²) in [6.07, 6.45) is 2.05. The molecule has 134 valence electrons. The molecular formula is C17H21N3O5. The lowest BCUT2D eigenvalue weighted by Gasteiger charge is -2.17. The maximum absolute atomic E-state index is 12.2. The zero-order valence-electron chi connectivity index (χ0n) is 14.1. The first-order chi connectivity index (χ1) is 12.0. The maximum atomic E-state index is 12.2. The van der Waals surface area contributed by atoms with E-state index >= 15 is 0 Å². The molecule has 2 aliphatic rings. The first-order valence-corrected chi connectivity index (χ1v) is 8.23. The second kappa shape index (κ2) is 7.52. The Morgan fingerprint density at radius 1 is 1.36 bits per heavy atom. The highest BCUT2D eigenvalue weighted by atomic mass is 16.5. The molecule has 2 aliphatic heterocycles. The number of hydrogen-bond acceptors (Lipinski definition) is 5. The molecule has 0 spiro atoms. The topological polar surface area (TPSA) is 88.2 Å². The molecule has 8 heteroatoms. The van der Waals surface area contributed by atoms with Crippen molar-refractivity contribution in [2.75, 3.05) is 38.7 Å². The molecule has 0 bridgehead atoms. The quantitative estimate of drug-likeness (QED) is 0.778. The van der Waals surface area contributed by atoms with Crippen LogP contribution in [0.15, 0.2) is 24.3 Å². The van der Waals surface area contributed by atoms with Crippen molar-refractivity contribution in [1.82, 2.24) is 9.80 Å². The Kier molecular flexibility index (Phi) is 5.18. The van der Waals surface area contributed by atoms with Crippen molar-refractivity contribution >= 4 is 23.5 Å². The van der Waals surface area contributed by atoms with E-state index < -0.39 is 11.9 Å². The largest absolute Gasteiger partial charge is 0.489 e. The van der Waals surface area contributed by atoms with Crippen LogP contribution in [0.25, 0.3) is 0 Å². The number of carbonyl (C=O) groups is 3. The van der Waals surface area contributed by atoms with Crippen molar-refractivity contribution in [2.45, 2.75) is 18.9 Å². The molecule has 2 fully saturated rings. The second-order valence-electron chi connectivity index (χ2n) is 6.11. The van der Waals surface area contributed by atoms with Crippen LogP contribution in [0.3, 0.4) is 0 Å². The summed E-state index contributed by atoms with van der Waals surface area (Å²) in [5.41, 5.74) is 0.498. The van der Waals surface area contributed by atoms with Crippen LogP contribution < -0.4 is 10.1 Å². The molecule has 0 aromatic heterocycles. The Morgan fingerprint density at radius 2 is 2.16 bits per heavy atom. The lowest BCUT2D eigenvalue weighted by atomic mass is 10.2. The molecule has 2 heterocycles. The fourth-order valence-electron chi connectivity index (χ4n) is 2.81. The summed E-state index contributed by atoms with van der Waals surface area (Å²) >= 11 is 0. The van der Waals surface area contributed by atoms with E-state index in [1.807, 2.05) is 6.07 Å². The zero-order valence-corrected chi connectivity index (χ0v) is 14.1. The van der Waals surface area contributed by atoms with Crippen molar-refractivity contribution in [2.24, 2.45) is 0 Å². The Hall–Kier alpha value is -2.61. The molecule has 1 aromatic carbocycles. The normalized spacial score (nSPS) is 20.3. The average Bonchev–Trinajstić information content (AvgIpc) is 3.18. The molecule has 8 nitrogen and oxygen atoms in total. The van der Waals surface area contributed by atoms with Crippen LogP contribution in [-0.4, -0.2) is 67.1 Å².